The average Bonchev–Trinajstić information content (AvgIpc) is 3.18. The van der Waals surface area contributed by atoms with E-state index >= 15 is 0 Å². The molecule has 1 unspecified atom stereocenters. The summed E-state index contributed by atoms with van der Waals surface area (Å²) in [4.78, 5) is 27.7. The Morgan fingerprint density at radius 3 is 2.83 bits per heavy atom. The lowest BCUT2D eigenvalue weighted by molar-refractivity contribution is -0.135. The van der Waals surface area contributed by atoms with Gasteiger partial charge in [-0.2, -0.15) is 0 Å². The molecule has 0 saturated carbocycles. The molecule has 8 nitrogen and oxygen atoms in total. The third-order valence-corrected chi connectivity index (χ3v) is 5.00. The third kappa shape index (κ3) is 5.99. The zero-order valence-corrected chi connectivity index (χ0v) is 16.2. The monoisotopic (exact) mass is 398 g/mol. The lowest BCUT2D eigenvalue weighted by atomic mass is 9.99. The number of carboxylic acids is 1. The molecule has 1 aromatic carbocycles. The predicted octanol–water partition coefficient (Wildman–Crippen LogP) is 1.98. The van der Waals surface area contributed by atoms with Crippen LogP contribution < -0.4 is 0 Å². The quantitative estimate of drug-likeness (QED) is 0.556. The number of nitrogens with one attached hydrogen (secondary N) is 1. The lowest BCUT2D eigenvalue weighted by Crippen LogP contribution is -2.43. The summed E-state index contributed by atoms with van der Waals surface area (Å²) >= 11 is 0. The van der Waals surface area contributed by atoms with Crippen molar-refractivity contribution in [2.45, 2.75) is 50.7 Å². The van der Waals surface area contributed by atoms with Gasteiger partial charge in [-0.1, -0.05) is 42.5 Å². The molecule has 154 valence electrons. The molecular formula is C21H26N4O4. The maximum atomic E-state index is 12.4. The van der Waals surface area contributed by atoms with Crippen LogP contribution in [0.1, 0.15) is 47.7 Å². The normalized spacial score (nSPS) is 18.3. The van der Waals surface area contributed by atoms with Crippen molar-refractivity contribution < 1.29 is 19.8 Å². The minimum Gasteiger partial charge on any atom is -0.475 e. The number of aliphatic hydroxyl groups is 1. The van der Waals surface area contributed by atoms with E-state index in [1.54, 1.807) is 6.08 Å². The first kappa shape index (κ1) is 20.7. The van der Waals surface area contributed by atoms with Crippen LogP contribution in [0, 0.1) is 0 Å². The Bertz CT molecular complexity index is 849. The van der Waals surface area contributed by atoms with Gasteiger partial charge in [0.25, 0.3) is 0 Å². The smallest absolute Gasteiger partial charge is 0.373 e. The highest BCUT2D eigenvalue weighted by atomic mass is 16.4. The number of carbonyl (C=O) groups is 2. The minimum absolute atomic E-state index is 0.0361. The van der Waals surface area contributed by atoms with Gasteiger partial charge in [-0.25, -0.2) is 4.79 Å². The number of nitrogens with zero attached hydrogens (tertiary/aromatic N) is 3. The Labute approximate surface area is 169 Å². The van der Waals surface area contributed by atoms with E-state index in [9.17, 15) is 14.7 Å². The standard InChI is InChI=1S/C21H26N4O4/c26-17(14-15-6-2-1-3-7-15)12-11-16-8-4-10-19(27)25(16)13-5-9-18-22-20(21(28)29)24-23-18/h1-3,6-7,11-12,16-17,26H,4-5,8-10,13-14H2,(H,28,29)(H,22,23,24)/t16-,17?/m1/s1. The average molecular weight is 398 g/mol. The van der Waals surface area contributed by atoms with Crippen molar-refractivity contribution in [1.29, 1.82) is 0 Å². The van der Waals surface area contributed by atoms with E-state index in [1.807, 2.05) is 41.3 Å². The molecular weight excluding hydrogens is 372 g/mol. The molecule has 2 heterocycles. The van der Waals surface area contributed by atoms with E-state index in [0.29, 0.717) is 38.1 Å². The van der Waals surface area contributed by atoms with Gasteiger partial charge in [0.1, 0.15) is 5.82 Å². The highest BCUT2D eigenvalue weighted by Crippen LogP contribution is 2.20. The second-order valence-corrected chi connectivity index (χ2v) is 7.22. The van der Waals surface area contributed by atoms with Crippen LogP contribution in [0.2, 0.25) is 0 Å². The summed E-state index contributed by atoms with van der Waals surface area (Å²) in [5, 5.41) is 26.6. The number of aromatic nitrogens is 3. The molecule has 0 radical (unpaired) electrons. The Morgan fingerprint density at radius 1 is 1.31 bits per heavy atom. The second-order valence-electron chi connectivity index (χ2n) is 7.22. The molecule has 0 spiro atoms. The van der Waals surface area contributed by atoms with E-state index < -0.39 is 12.1 Å². The first-order valence-corrected chi connectivity index (χ1v) is 9.87. The maximum Gasteiger partial charge on any atom is 0.373 e. The zero-order valence-electron chi connectivity index (χ0n) is 16.2. The van der Waals surface area contributed by atoms with Gasteiger partial charge in [0.15, 0.2) is 0 Å². The van der Waals surface area contributed by atoms with E-state index in [1.165, 1.54) is 0 Å². The molecule has 1 fully saturated rings. The summed E-state index contributed by atoms with van der Waals surface area (Å²) in [7, 11) is 0. The predicted molar refractivity (Wildman–Crippen MR) is 106 cm³/mol. The van der Waals surface area contributed by atoms with Crippen LogP contribution in [0.3, 0.4) is 0 Å². The zero-order chi connectivity index (χ0) is 20.6. The fourth-order valence-corrected chi connectivity index (χ4v) is 3.54. The van der Waals surface area contributed by atoms with Gasteiger partial charge >= 0.3 is 5.97 Å². The SMILES string of the molecule is O=C(O)c1nnc(CCCN2C(=O)CCC[C@@H]2C=CC(O)Cc2ccccc2)[nH]1. The number of rotatable bonds is 9. The van der Waals surface area contributed by atoms with Crippen LogP contribution in [-0.4, -0.2) is 60.9 Å². The van der Waals surface area contributed by atoms with Gasteiger partial charge in [-0.3, -0.25) is 4.79 Å². The Balaban J connectivity index is 1.53. The van der Waals surface area contributed by atoms with Crippen molar-refractivity contribution >= 4 is 11.9 Å². The van der Waals surface area contributed by atoms with Gasteiger partial charge in [0.2, 0.25) is 11.7 Å². The Hall–Kier alpha value is -3.00. The molecule has 2 atom stereocenters. The van der Waals surface area contributed by atoms with Gasteiger partial charge in [-0.05, 0) is 24.8 Å². The summed E-state index contributed by atoms with van der Waals surface area (Å²) in [6, 6.07) is 9.76. The van der Waals surface area contributed by atoms with Crippen molar-refractivity contribution in [3.63, 3.8) is 0 Å². The summed E-state index contributed by atoms with van der Waals surface area (Å²) in [5.41, 5.74) is 1.06. The molecule has 3 N–H and O–H groups in total. The van der Waals surface area contributed by atoms with Crippen molar-refractivity contribution in [1.82, 2.24) is 20.1 Å². The molecule has 1 amide bonds. The highest BCUT2D eigenvalue weighted by molar-refractivity contribution is 5.82. The molecule has 3 rings (SSSR count). The number of carbonyl (C=O) groups excluding carboxylic acids is 1. The first-order valence-electron chi connectivity index (χ1n) is 9.87. The van der Waals surface area contributed by atoms with Crippen molar-refractivity contribution in [3.05, 3.63) is 59.7 Å². The summed E-state index contributed by atoms with van der Waals surface area (Å²) in [5.74, 6) is -0.721. The van der Waals surface area contributed by atoms with Crippen LogP contribution in [0.25, 0.3) is 0 Å². The Kier molecular flexibility index (Phi) is 7.13. The number of piperidine rings is 1. The van der Waals surface area contributed by atoms with Crippen LogP contribution in [0.4, 0.5) is 0 Å². The van der Waals surface area contributed by atoms with Gasteiger partial charge in [0, 0.05) is 25.8 Å². The first-order chi connectivity index (χ1) is 14.0. The van der Waals surface area contributed by atoms with Crippen molar-refractivity contribution in [2.75, 3.05) is 6.54 Å². The van der Waals surface area contributed by atoms with E-state index in [0.717, 1.165) is 18.4 Å². The van der Waals surface area contributed by atoms with Crippen LogP contribution >= 0.6 is 0 Å². The van der Waals surface area contributed by atoms with Gasteiger partial charge in [-0.15, -0.1) is 10.2 Å². The minimum atomic E-state index is -1.14. The number of amides is 1. The van der Waals surface area contributed by atoms with Gasteiger partial charge in [0.05, 0.1) is 12.1 Å². The summed E-state index contributed by atoms with van der Waals surface area (Å²) in [6.45, 7) is 0.547. The Morgan fingerprint density at radius 2 is 2.10 bits per heavy atom. The fourth-order valence-electron chi connectivity index (χ4n) is 3.54. The van der Waals surface area contributed by atoms with Crippen LogP contribution in [0.15, 0.2) is 42.5 Å². The summed E-state index contributed by atoms with van der Waals surface area (Å²) in [6.07, 6.45) is 7.04. The van der Waals surface area contributed by atoms with E-state index in [2.05, 4.69) is 15.2 Å². The molecule has 1 saturated heterocycles. The molecule has 29 heavy (non-hydrogen) atoms. The maximum absolute atomic E-state index is 12.4. The summed E-state index contributed by atoms with van der Waals surface area (Å²) < 4.78 is 0. The molecule has 1 aromatic heterocycles. The number of likely N-dealkylation sites (tertiary alicyclic amines) is 1. The van der Waals surface area contributed by atoms with E-state index in [-0.39, 0.29) is 17.8 Å². The third-order valence-electron chi connectivity index (χ3n) is 5.00. The second kappa shape index (κ2) is 9.97. The van der Waals surface area contributed by atoms with E-state index in [4.69, 9.17) is 5.11 Å². The van der Waals surface area contributed by atoms with Crippen LogP contribution in [-0.2, 0) is 17.6 Å². The lowest BCUT2D eigenvalue weighted by Gasteiger charge is -2.34. The molecule has 2 aromatic rings. The molecule has 8 heteroatoms. The number of benzene rings is 1. The molecule has 1 aliphatic heterocycles. The number of aromatic amines is 1. The number of aromatic carboxylic acids is 1. The number of H-pyrrole nitrogens is 1. The number of aryl methyl sites for hydroxylation is 1. The molecule has 0 aliphatic carbocycles. The number of hydrogen-bond donors (Lipinski definition) is 3. The number of hydrogen-bond acceptors (Lipinski definition) is 5. The van der Waals surface area contributed by atoms with Crippen molar-refractivity contribution in [2.24, 2.45) is 0 Å². The largest absolute Gasteiger partial charge is 0.475 e. The topological polar surface area (TPSA) is 119 Å². The van der Waals surface area contributed by atoms with Crippen molar-refractivity contribution in [3.8, 4) is 0 Å². The highest BCUT2D eigenvalue weighted by Gasteiger charge is 2.26. The number of carboxylic acid groups (broad SMARTS) is 1. The van der Waals surface area contributed by atoms with Crippen LogP contribution in [0.5, 0.6) is 0 Å². The van der Waals surface area contributed by atoms with Gasteiger partial charge < -0.3 is 20.1 Å². The number of aliphatic hydroxyl groups excluding tert-OH is 1. The molecule has 0 bridgehead atoms. The molecule has 1 aliphatic rings. The fraction of sp³-hybridized carbons (Fsp3) is 0.429.